The summed E-state index contributed by atoms with van der Waals surface area (Å²) in [6, 6.07) is 12.2. The maximum atomic E-state index is 13.4. The standard InChI is InChI=1S/C29H36N6O4S/c1-8-22-12-11-20(16-32-22)23(30)17-35(31)26-13-19(10-9-18(26)2)28(36)33-24-14-21(29(3,4)5)15-25(27(24)39-6)34-40(7,37)38/h8-17,34H,1,30-31H2,2-7H3,(H,33,36)/b23-17-. The second-order valence-corrected chi connectivity index (χ2v) is 12.1. The summed E-state index contributed by atoms with van der Waals surface area (Å²) in [6.45, 7) is 11.5. The fraction of sp³-hybridized carbons (Fsp3) is 0.241. The number of nitrogens with zero attached hydrogens (tertiary/aromatic N) is 2. The summed E-state index contributed by atoms with van der Waals surface area (Å²) < 4.78 is 32.0. The molecule has 212 valence electrons. The molecule has 40 heavy (non-hydrogen) atoms. The summed E-state index contributed by atoms with van der Waals surface area (Å²) in [4.78, 5) is 17.7. The van der Waals surface area contributed by atoms with Gasteiger partial charge in [-0.2, -0.15) is 0 Å². The molecule has 1 amide bonds. The molecule has 0 bridgehead atoms. The molecule has 3 rings (SSSR count). The van der Waals surface area contributed by atoms with Crippen LogP contribution in [0.15, 0.2) is 61.4 Å². The number of aryl methyl sites for hydroxylation is 1. The molecule has 11 heteroatoms. The van der Waals surface area contributed by atoms with E-state index in [-0.39, 0.29) is 16.9 Å². The Balaban J connectivity index is 1.97. The van der Waals surface area contributed by atoms with Crippen molar-refractivity contribution in [1.82, 2.24) is 4.98 Å². The number of hydrogen-bond donors (Lipinski definition) is 4. The minimum Gasteiger partial charge on any atom is -0.492 e. The first kappa shape index (κ1) is 30.2. The van der Waals surface area contributed by atoms with Gasteiger partial charge < -0.3 is 15.8 Å². The summed E-state index contributed by atoms with van der Waals surface area (Å²) in [5.41, 5.74) is 10.7. The molecular weight excluding hydrogens is 528 g/mol. The summed E-state index contributed by atoms with van der Waals surface area (Å²) in [7, 11) is -2.20. The lowest BCUT2D eigenvalue weighted by Gasteiger charge is -2.24. The quantitative estimate of drug-likeness (QED) is 0.217. The second-order valence-electron chi connectivity index (χ2n) is 10.4. The Hall–Kier alpha value is -4.35. The molecule has 1 aromatic heterocycles. The van der Waals surface area contributed by atoms with Crippen LogP contribution in [0.25, 0.3) is 11.8 Å². The molecule has 0 unspecified atom stereocenters. The van der Waals surface area contributed by atoms with Crippen LogP contribution in [0.2, 0.25) is 0 Å². The smallest absolute Gasteiger partial charge is 0.255 e. The van der Waals surface area contributed by atoms with Crippen molar-refractivity contribution < 1.29 is 17.9 Å². The summed E-state index contributed by atoms with van der Waals surface area (Å²) in [5, 5.41) is 4.21. The molecule has 6 N–H and O–H groups in total. The van der Waals surface area contributed by atoms with E-state index in [1.54, 1.807) is 54.9 Å². The van der Waals surface area contributed by atoms with E-state index in [1.165, 1.54) is 12.1 Å². The summed E-state index contributed by atoms with van der Waals surface area (Å²) in [6.07, 6.45) is 5.86. The number of nitrogens with one attached hydrogen (secondary N) is 2. The van der Waals surface area contributed by atoms with Gasteiger partial charge >= 0.3 is 0 Å². The number of ether oxygens (including phenoxy) is 1. The lowest BCUT2D eigenvalue weighted by Crippen LogP contribution is -2.27. The molecule has 0 aliphatic heterocycles. The predicted octanol–water partition coefficient (Wildman–Crippen LogP) is 4.60. The van der Waals surface area contributed by atoms with Gasteiger partial charge in [-0.1, -0.05) is 33.4 Å². The molecule has 2 aromatic carbocycles. The maximum Gasteiger partial charge on any atom is 0.255 e. The normalized spacial score (nSPS) is 12.0. The van der Waals surface area contributed by atoms with Crippen LogP contribution < -0.4 is 31.4 Å². The number of benzene rings is 2. The molecule has 0 aliphatic carbocycles. The van der Waals surface area contributed by atoms with Crippen LogP contribution >= 0.6 is 0 Å². The second kappa shape index (κ2) is 11.8. The number of nitrogens with two attached hydrogens (primary N) is 2. The molecule has 0 saturated heterocycles. The minimum absolute atomic E-state index is 0.186. The zero-order chi connectivity index (χ0) is 29.8. The number of carbonyl (C=O) groups is 1. The van der Waals surface area contributed by atoms with Gasteiger partial charge in [-0.25, -0.2) is 14.3 Å². The van der Waals surface area contributed by atoms with Crippen LogP contribution in [-0.4, -0.2) is 32.7 Å². The van der Waals surface area contributed by atoms with E-state index in [0.29, 0.717) is 28.2 Å². The molecule has 0 spiro atoms. The number of carbonyl (C=O) groups excluding carboxylic acids is 1. The monoisotopic (exact) mass is 564 g/mol. The van der Waals surface area contributed by atoms with E-state index in [9.17, 15) is 13.2 Å². The van der Waals surface area contributed by atoms with Gasteiger partial charge in [0, 0.05) is 23.5 Å². The Bertz CT molecular complexity index is 1560. The van der Waals surface area contributed by atoms with Crippen LogP contribution in [0.5, 0.6) is 5.75 Å². The first-order chi connectivity index (χ1) is 18.6. The number of methoxy groups -OCH3 is 1. The molecule has 0 saturated carbocycles. The third-order valence-electron chi connectivity index (χ3n) is 6.06. The van der Waals surface area contributed by atoms with Crippen LogP contribution in [-0.2, 0) is 15.4 Å². The number of sulfonamides is 1. The number of amides is 1. The van der Waals surface area contributed by atoms with E-state index in [1.807, 2.05) is 33.8 Å². The molecular formula is C29H36N6O4S. The van der Waals surface area contributed by atoms with Crippen LogP contribution in [0.4, 0.5) is 17.1 Å². The van der Waals surface area contributed by atoms with Gasteiger partial charge in [-0.05, 0) is 65.9 Å². The predicted molar refractivity (Wildman–Crippen MR) is 162 cm³/mol. The van der Waals surface area contributed by atoms with Crippen LogP contribution in [0.3, 0.4) is 0 Å². The number of aromatic nitrogens is 1. The SMILES string of the molecule is C=Cc1ccc(/C(N)=C/N(N)c2cc(C(=O)Nc3cc(C(C)(C)C)cc(NS(C)(=O)=O)c3OC)ccc2C)cn1. The Morgan fingerprint density at radius 1 is 1.10 bits per heavy atom. The largest absolute Gasteiger partial charge is 0.492 e. The zero-order valence-electron chi connectivity index (χ0n) is 23.6. The van der Waals surface area contributed by atoms with Crippen molar-refractivity contribution in [2.24, 2.45) is 11.6 Å². The Kier molecular flexibility index (Phi) is 8.91. The van der Waals surface area contributed by atoms with Crippen molar-refractivity contribution >= 4 is 44.8 Å². The lowest BCUT2D eigenvalue weighted by molar-refractivity contribution is 0.102. The zero-order valence-corrected chi connectivity index (χ0v) is 24.4. The van der Waals surface area contributed by atoms with E-state index in [0.717, 1.165) is 23.1 Å². The van der Waals surface area contributed by atoms with Gasteiger partial charge in [-0.3, -0.25) is 19.5 Å². The minimum atomic E-state index is -3.61. The van der Waals surface area contributed by atoms with Crippen molar-refractivity contribution in [2.75, 3.05) is 28.4 Å². The molecule has 0 aliphatic rings. The molecule has 1 heterocycles. The summed E-state index contributed by atoms with van der Waals surface area (Å²) >= 11 is 0. The molecule has 0 radical (unpaired) electrons. The highest BCUT2D eigenvalue weighted by molar-refractivity contribution is 7.92. The molecule has 3 aromatic rings. The van der Waals surface area contributed by atoms with E-state index in [2.05, 4.69) is 21.6 Å². The number of rotatable bonds is 9. The highest BCUT2D eigenvalue weighted by Gasteiger charge is 2.23. The highest BCUT2D eigenvalue weighted by atomic mass is 32.2. The van der Waals surface area contributed by atoms with Crippen molar-refractivity contribution in [1.29, 1.82) is 0 Å². The Morgan fingerprint density at radius 3 is 2.30 bits per heavy atom. The average molecular weight is 565 g/mol. The molecule has 10 nitrogen and oxygen atoms in total. The fourth-order valence-electron chi connectivity index (χ4n) is 3.86. The van der Waals surface area contributed by atoms with Crippen molar-refractivity contribution in [3.05, 3.63) is 89.4 Å². The van der Waals surface area contributed by atoms with Gasteiger partial charge in [0.1, 0.15) is 0 Å². The summed E-state index contributed by atoms with van der Waals surface area (Å²) in [5.74, 6) is 6.07. The maximum absolute atomic E-state index is 13.4. The Labute approximate surface area is 235 Å². The first-order valence-electron chi connectivity index (χ1n) is 12.4. The van der Waals surface area contributed by atoms with Crippen LogP contribution in [0.1, 0.15) is 53.5 Å². The van der Waals surface area contributed by atoms with Crippen LogP contribution in [0, 0.1) is 6.92 Å². The topological polar surface area (TPSA) is 153 Å². The fourth-order valence-corrected chi connectivity index (χ4v) is 4.42. The van der Waals surface area contributed by atoms with Crippen molar-refractivity contribution in [2.45, 2.75) is 33.1 Å². The van der Waals surface area contributed by atoms with Gasteiger partial charge in [0.25, 0.3) is 5.91 Å². The van der Waals surface area contributed by atoms with Crippen molar-refractivity contribution in [3.8, 4) is 5.75 Å². The van der Waals surface area contributed by atoms with Gasteiger partial charge in [0.15, 0.2) is 5.75 Å². The number of pyridine rings is 1. The van der Waals surface area contributed by atoms with E-state index >= 15 is 0 Å². The third-order valence-corrected chi connectivity index (χ3v) is 6.65. The third kappa shape index (κ3) is 7.39. The van der Waals surface area contributed by atoms with E-state index in [4.69, 9.17) is 16.3 Å². The first-order valence-corrected chi connectivity index (χ1v) is 14.2. The highest BCUT2D eigenvalue weighted by Crippen LogP contribution is 2.39. The van der Waals surface area contributed by atoms with Crippen molar-refractivity contribution in [3.63, 3.8) is 0 Å². The van der Waals surface area contributed by atoms with Gasteiger partial charge in [0.05, 0.1) is 41.8 Å². The van der Waals surface area contributed by atoms with Gasteiger partial charge in [0.2, 0.25) is 10.0 Å². The lowest BCUT2D eigenvalue weighted by atomic mass is 9.86. The average Bonchev–Trinajstić information content (AvgIpc) is 2.87. The van der Waals surface area contributed by atoms with E-state index < -0.39 is 15.9 Å². The number of anilines is 3. The molecule has 0 fully saturated rings. The molecule has 0 atom stereocenters. The Morgan fingerprint density at radius 2 is 1.75 bits per heavy atom. The van der Waals surface area contributed by atoms with Gasteiger partial charge in [-0.15, -0.1) is 0 Å². The number of hydrogen-bond acceptors (Lipinski definition) is 8. The number of hydrazine groups is 1.